The monoisotopic (exact) mass is 378 g/mol. The molecule has 136 valence electrons. The Hall–Kier alpha value is 0.440. The number of rotatable bonds is 16. The Kier molecular flexibility index (Phi) is 20.0. The van der Waals surface area contributed by atoms with Crippen LogP contribution in [0.25, 0.3) is 0 Å². The third-order valence-electron chi connectivity index (χ3n) is 4.97. The minimum absolute atomic E-state index is 0. The average Bonchev–Trinajstić information content (AvgIpc) is 2.47. The predicted molar refractivity (Wildman–Crippen MR) is 108 cm³/mol. The van der Waals surface area contributed by atoms with E-state index in [4.69, 9.17) is 0 Å². The highest BCUT2D eigenvalue weighted by atomic mass is 79.9. The maximum absolute atomic E-state index is 2.35. The van der Waals surface area contributed by atoms with Crippen LogP contribution in [0.1, 0.15) is 104 Å². The molecule has 0 heterocycles. The summed E-state index contributed by atoms with van der Waals surface area (Å²) in [4.78, 5) is 0. The molecule has 0 amide bonds. The van der Waals surface area contributed by atoms with E-state index in [0.29, 0.717) is 0 Å². The predicted octanol–water partition coefficient (Wildman–Crippen LogP) is 7.14. The van der Waals surface area contributed by atoms with Gasteiger partial charge in [0.15, 0.2) is 0 Å². The maximum Gasteiger partial charge on any atom is 0.0782 e. The van der Waals surface area contributed by atoms with Crippen LogP contribution >= 0.6 is 17.0 Å². The Balaban J connectivity index is 0. The fraction of sp³-hybridized carbons (Fsp3) is 1.00. The molecule has 0 saturated heterocycles. The highest BCUT2D eigenvalue weighted by molar-refractivity contribution is 8.93. The second-order valence-electron chi connectivity index (χ2n) is 7.57. The lowest BCUT2D eigenvalue weighted by Crippen LogP contribution is -2.39. The Bertz CT molecular complexity index is 204. The molecule has 0 saturated carbocycles. The van der Waals surface area contributed by atoms with Crippen molar-refractivity contribution in [1.82, 2.24) is 0 Å². The molecule has 0 unspecified atom stereocenters. The van der Waals surface area contributed by atoms with Gasteiger partial charge in [-0.25, -0.2) is 0 Å². The molecule has 0 aliphatic carbocycles. The summed E-state index contributed by atoms with van der Waals surface area (Å²) in [6.07, 6.45) is 20.4. The Morgan fingerprint density at radius 2 is 0.818 bits per heavy atom. The molecule has 0 radical (unpaired) electrons. The lowest BCUT2D eigenvalue weighted by molar-refractivity contribution is -0.888. The lowest BCUT2D eigenvalue weighted by Gasteiger charge is -2.28. The van der Waals surface area contributed by atoms with E-state index in [0.717, 1.165) is 0 Å². The molecule has 0 aromatic rings. The van der Waals surface area contributed by atoms with Gasteiger partial charge in [0, 0.05) is 0 Å². The van der Waals surface area contributed by atoms with Crippen molar-refractivity contribution in [2.75, 3.05) is 27.2 Å². The van der Waals surface area contributed by atoms with Gasteiger partial charge in [0.1, 0.15) is 0 Å². The Morgan fingerprint density at radius 1 is 0.500 bits per heavy atom. The normalized spacial score (nSPS) is 11.5. The zero-order valence-corrected chi connectivity index (χ0v) is 17.9. The molecule has 0 bridgehead atoms. The van der Waals surface area contributed by atoms with Gasteiger partial charge in [-0.05, 0) is 19.8 Å². The van der Waals surface area contributed by atoms with Gasteiger partial charge in [-0.15, -0.1) is 17.0 Å². The van der Waals surface area contributed by atoms with Gasteiger partial charge in [-0.2, -0.15) is 0 Å². The van der Waals surface area contributed by atoms with Crippen molar-refractivity contribution in [1.29, 1.82) is 0 Å². The largest absolute Gasteiger partial charge is 0.329 e. The first kappa shape index (κ1) is 24.7. The van der Waals surface area contributed by atoms with Crippen molar-refractivity contribution >= 4 is 17.0 Å². The molecule has 0 aliphatic rings. The Morgan fingerprint density at radius 3 is 1.14 bits per heavy atom. The molecule has 1 nitrogen and oxygen atoms in total. The molecule has 0 N–H and O–H groups in total. The zero-order valence-electron chi connectivity index (χ0n) is 16.2. The highest BCUT2D eigenvalue weighted by Crippen LogP contribution is 2.13. The standard InChI is InChI=1S/C20H44N.BrH/c1-5-7-8-9-10-11-12-13-14-15-16-17-18-19-20-21(3,4)6-2;/h5-20H2,1-4H3;1H/q+1;. The van der Waals surface area contributed by atoms with Crippen molar-refractivity contribution in [3.8, 4) is 0 Å². The molecule has 0 aromatic carbocycles. The number of hydrogen-bond donors (Lipinski definition) is 0. The first-order valence-electron chi connectivity index (χ1n) is 9.94. The number of quaternary nitrogens is 1. The third-order valence-corrected chi connectivity index (χ3v) is 4.97. The third kappa shape index (κ3) is 18.5. The van der Waals surface area contributed by atoms with Crippen LogP contribution in [-0.2, 0) is 0 Å². The van der Waals surface area contributed by atoms with E-state index in [1.54, 1.807) is 0 Å². The molecule has 0 atom stereocenters. The quantitative estimate of drug-likeness (QED) is 0.197. The van der Waals surface area contributed by atoms with E-state index in [1.165, 1.54) is 107 Å². The molecule has 0 fully saturated rings. The van der Waals surface area contributed by atoms with Gasteiger partial charge >= 0.3 is 0 Å². The van der Waals surface area contributed by atoms with Gasteiger partial charge in [-0.3, -0.25) is 0 Å². The SMILES string of the molecule is Br.CCCCCCCCCCCCCCCC[N+](C)(C)CC. The zero-order chi connectivity index (χ0) is 15.8. The van der Waals surface area contributed by atoms with Crippen LogP contribution in [0.3, 0.4) is 0 Å². The smallest absolute Gasteiger partial charge is 0.0782 e. The minimum atomic E-state index is 0. The number of hydrogen-bond acceptors (Lipinski definition) is 0. The van der Waals surface area contributed by atoms with Crippen LogP contribution in [0.5, 0.6) is 0 Å². The summed E-state index contributed by atoms with van der Waals surface area (Å²) in [5.74, 6) is 0. The second-order valence-corrected chi connectivity index (χ2v) is 7.57. The van der Waals surface area contributed by atoms with Crippen LogP contribution in [0.4, 0.5) is 0 Å². The van der Waals surface area contributed by atoms with Gasteiger partial charge in [0.2, 0.25) is 0 Å². The van der Waals surface area contributed by atoms with Gasteiger partial charge in [0.25, 0.3) is 0 Å². The number of halogens is 1. The second kappa shape index (κ2) is 17.8. The molecule has 0 spiro atoms. The van der Waals surface area contributed by atoms with Crippen molar-refractivity contribution in [3.63, 3.8) is 0 Å². The summed E-state index contributed by atoms with van der Waals surface area (Å²) in [7, 11) is 4.70. The fourth-order valence-electron chi connectivity index (χ4n) is 2.89. The van der Waals surface area contributed by atoms with Crippen molar-refractivity contribution in [2.24, 2.45) is 0 Å². The van der Waals surface area contributed by atoms with E-state index in [-0.39, 0.29) is 17.0 Å². The Labute approximate surface area is 152 Å². The summed E-state index contributed by atoms with van der Waals surface area (Å²) >= 11 is 0. The molecule has 2 heteroatoms. The summed E-state index contributed by atoms with van der Waals surface area (Å²) in [6, 6.07) is 0. The molecular weight excluding hydrogens is 334 g/mol. The first-order valence-corrected chi connectivity index (χ1v) is 9.94. The van der Waals surface area contributed by atoms with Crippen LogP contribution in [0, 0.1) is 0 Å². The molecular formula is C20H45BrN+. The summed E-state index contributed by atoms with van der Waals surface area (Å²) in [5, 5.41) is 0. The lowest BCUT2D eigenvalue weighted by atomic mass is 10.0. The van der Waals surface area contributed by atoms with Crippen molar-refractivity contribution in [2.45, 2.75) is 104 Å². The van der Waals surface area contributed by atoms with Crippen molar-refractivity contribution < 1.29 is 4.48 Å². The molecule has 0 rings (SSSR count). The first-order chi connectivity index (χ1) is 10.1. The van der Waals surface area contributed by atoms with Crippen molar-refractivity contribution in [3.05, 3.63) is 0 Å². The van der Waals surface area contributed by atoms with Gasteiger partial charge < -0.3 is 4.48 Å². The van der Waals surface area contributed by atoms with Gasteiger partial charge in [0.05, 0.1) is 27.2 Å². The molecule has 0 aromatic heterocycles. The minimum Gasteiger partial charge on any atom is -0.329 e. The van der Waals surface area contributed by atoms with Crippen LogP contribution in [0.2, 0.25) is 0 Å². The fourth-order valence-corrected chi connectivity index (χ4v) is 2.89. The molecule has 22 heavy (non-hydrogen) atoms. The summed E-state index contributed by atoms with van der Waals surface area (Å²) in [5.41, 5.74) is 0. The highest BCUT2D eigenvalue weighted by Gasteiger charge is 2.09. The summed E-state index contributed by atoms with van der Waals surface area (Å²) < 4.78 is 1.19. The number of nitrogens with zero attached hydrogens (tertiary/aromatic N) is 1. The van der Waals surface area contributed by atoms with E-state index in [2.05, 4.69) is 27.9 Å². The van der Waals surface area contributed by atoms with Crippen LogP contribution < -0.4 is 0 Å². The van der Waals surface area contributed by atoms with E-state index in [1.807, 2.05) is 0 Å². The number of unbranched alkanes of at least 4 members (excludes halogenated alkanes) is 13. The van der Waals surface area contributed by atoms with E-state index >= 15 is 0 Å². The topological polar surface area (TPSA) is 0 Å². The van der Waals surface area contributed by atoms with Gasteiger partial charge in [-0.1, -0.05) is 84.0 Å². The van der Waals surface area contributed by atoms with E-state index < -0.39 is 0 Å². The maximum atomic E-state index is 2.35. The average molecular weight is 379 g/mol. The van der Waals surface area contributed by atoms with Crippen LogP contribution in [-0.4, -0.2) is 31.7 Å². The van der Waals surface area contributed by atoms with E-state index in [9.17, 15) is 0 Å². The van der Waals surface area contributed by atoms with Crippen LogP contribution in [0.15, 0.2) is 0 Å². The molecule has 0 aliphatic heterocycles. The summed E-state index contributed by atoms with van der Waals surface area (Å²) in [6.45, 7) is 7.21.